The van der Waals surface area contributed by atoms with Crippen LogP contribution in [0.25, 0.3) is 0 Å². The summed E-state index contributed by atoms with van der Waals surface area (Å²) in [7, 11) is -1.16. The summed E-state index contributed by atoms with van der Waals surface area (Å²) >= 11 is 0. The number of nitrogens with zero attached hydrogens (tertiary/aromatic N) is 1. The average Bonchev–Trinajstić information content (AvgIpc) is 2.79. The Morgan fingerprint density at radius 3 is 2.73 bits per heavy atom. The van der Waals surface area contributed by atoms with E-state index in [1.807, 2.05) is 0 Å². The Bertz CT molecular complexity index is 653. The second-order valence-electron chi connectivity index (χ2n) is 5.92. The second kappa shape index (κ2) is 7.13. The van der Waals surface area contributed by atoms with Crippen LogP contribution < -0.4 is 10.6 Å². The van der Waals surface area contributed by atoms with Gasteiger partial charge < -0.3 is 10.6 Å². The number of guanidine groups is 1. The largest absolute Gasteiger partial charge is 0.356 e. The van der Waals surface area contributed by atoms with Crippen molar-refractivity contribution in [3.63, 3.8) is 0 Å². The molecule has 1 atom stereocenters. The van der Waals surface area contributed by atoms with Crippen LogP contribution in [0.4, 0.5) is 0 Å². The van der Waals surface area contributed by atoms with Crippen LogP contribution in [0.2, 0.25) is 0 Å². The van der Waals surface area contributed by atoms with Gasteiger partial charge in [-0.25, -0.2) is 8.42 Å². The fourth-order valence-corrected chi connectivity index (χ4v) is 4.41. The third-order valence-corrected chi connectivity index (χ3v) is 5.75. The minimum absolute atomic E-state index is 0.0303. The number of hydrogen-bond donors (Lipinski definition) is 2. The first-order valence-corrected chi connectivity index (χ1v) is 9.45. The molecule has 122 valence electrons. The van der Waals surface area contributed by atoms with Gasteiger partial charge in [-0.3, -0.25) is 4.99 Å². The van der Waals surface area contributed by atoms with E-state index in [2.05, 4.69) is 47.7 Å². The zero-order valence-corrected chi connectivity index (χ0v) is 14.3. The summed E-state index contributed by atoms with van der Waals surface area (Å²) in [6.45, 7) is 4.98. The third-order valence-electron chi connectivity index (χ3n) is 3.98. The van der Waals surface area contributed by atoms with Crippen molar-refractivity contribution in [3.05, 3.63) is 34.9 Å². The van der Waals surface area contributed by atoms with E-state index in [1.165, 1.54) is 16.7 Å². The van der Waals surface area contributed by atoms with Crippen LogP contribution in [0.1, 0.15) is 23.1 Å². The molecule has 2 N–H and O–H groups in total. The molecule has 1 unspecified atom stereocenters. The zero-order valence-electron chi connectivity index (χ0n) is 13.5. The molecule has 6 heteroatoms. The lowest BCUT2D eigenvalue weighted by Gasteiger charge is -2.16. The summed E-state index contributed by atoms with van der Waals surface area (Å²) in [5, 5.41) is 6.45. The van der Waals surface area contributed by atoms with Gasteiger partial charge in [0.15, 0.2) is 15.8 Å². The molecule has 22 heavy (non-hydrogen) atoms. The highest BCUT2D eigenvalue weighted by atomic mass is 32.2. The van der Waals surface area contributed by atoms with E-state index in [0.717, 1.165) is 13.0 Å². The number of aryl methyl sites for hydroxylation is 2. The Labute approximate surface area is 133 Å². The van der Waals surface area contributed by atoms with Crippen LogP contribution in [-0.4, -0.2) is 45.5 Å². The summed E-state index contributed by atoms with van der Waals surface area (Å²) in [5.41, 5.74) is 3.89. The number of benzene rings is 1. The Kier molecular flexibility index (Phi) is 5.45. The lowest BCUT2D eigenvalue weighted by Crippen LogP contribution is -2.44. The van der Waals surface area contributed by atoms with Crippen LogP contribution in [0.3, 0.4) is 0 Å². The number of rotatable bonds is 4. The maximum atomic E-state index is 11.5. The summed E-state index contributed by atoms with van der Waals surface area (Å²) in [6.07, 6.45) is 1.57. The molecule has 0 aromatic heterocycles. The van der Waals surface area contributed by atoms with Crippen molar-refractivity contribution in [2.75, 3.05) is 25.1 Å². The fraction of sp³-hybridized carbons (Fsp3) is 0.562. The number of sulfone groups is 1. The fourth-order valence-electron chi connectivity index (χ4n) is 2.74. The highest BCUT2D eigenvalue weighted by Crippen LogP contribution is 2.12. The summed E-state index contributed by atoms with van der Waals surface area (Å²) < 4.78 is 22.9. The van der Waals surface area contributed by atoms with Crippen molar-refractivity contribution in [2.24, 2.45) is 4.99 Å². The second-order valence-corrected chi connectivity index (χ2v) is 8.15. The maximum absolute atomic E-state index is 11.5. The molecule has 0 aliphatic carbocycles. The molecule has 0 bridgehead atoms. The molecule has 0 spiro atoms. The third kappa shape index (κ3) is 4.73. The Hall–Kier alpha value is -1.56. The predicted molar refractivity (Wildman–Crippen MR) is 91.2 cm³/mol. The molecule has 1 heterocycles. The summed E-state index contributed by atoms with van der Waals surface area (Å²) in [5.74, 6) is 1.14. The molecular formula is C16H25N3O2S. The molecular weight excluding hydrogens is 298 g/mol. The van der Waals surface area contributed by atoms with E-state index in [-0.39, 0.29) is 17.5 Å². The first-order valence-electron chi connectivity index (χ1n) is 7.63. The Morgan fingerprint density at radius 2 is 2.14 bits per heavy atom. The summed E-state index contributed by atoms with van der Waals surface area (Å²) in [6, 6.07) is 6.44. The lowest BCUT2D eigenvalue weighted by atomic mass is 10.0. The standard InChI is InChI=1S/C16H25N3O2S/c1-12-4-5-14(13(2)10-12)6-8-18-16(17-3)19-15-7-9-22(20,21)11-15/h4-5,10,15H,6-9,11H2,1-3H3,(H2,17,18,19). The number of aliphatic imine (C=N–C) groups is 1. The minimum Gasteiger partial charge on any atom is -0.356 e. The van der Waals surface area contributed by atoms with E-state index in [9.17, 15) is 8.42 Å². The molecule has 2 rings (SSSR count). The predicted octanol–water partition coefficient (Wildman–Crippen LogP) is 1.20. The van der Waals surface area contributed by atoms with Crippen LogP contribution in [0.5, 0.6) is 0 Å². The van der Waals surface area contributed by atoms with Gasteiger partial charge in [0.25, 0.3) is 0 Å². The van der Waals surface area contributed by atoms with Crippen molar-refractivity contribution in [1.29, 1.82) is 0 Å². The Morgan fingerprint density at radius 1 is 1.36 bits per heavy atom. The van der Waals surface area contributed by atoms with Crippen molar-refractivity contribution in [3.8, 4) is 0 Å². The molecule has 5 nitrogen and oxygen atoms in total. The van der Waals surface area contributed by atoms with Crippen molar-refractivity contribution in [2.45, 2.75) is 32.7 Å². The normalized spacial score (nSPS) is 20.9. The maximum Gasteiger partial charge on any atom is 0.191 e. The van der Waals surface area contributed by atoms with E-state index in [4.69, 9.17) is 0 Å². The van der Waals surface area contributed by atoms with Gasteiger partial charge in [-0.2, -0.15) is 0 Å². The van der Waals surface area contributed by atoms with Crippen molar-refractivity contribution < 1.29 is 8.42 Å². The van der Waals surface area contributed by atoms with Crippen molar-refractivity contribution >= 4 is 15.8 Å². The molecule has 1 aliphatic rings. The van der Waals surface area contributed by atoms with E-state index >= 15 is 0 Å². The SMILES string of the molecule is CN=C(NCCc1ccc(C)cc1C)NC1CCS(=O)(=O)C1. The first-order chi connectivity index (χ1) is 10.4. The van der Waals surface area contributed by atoms with Crippen LogP contribution in [0, 0.1) is 13.8 Å². The smallest absolute Gasteiger partial charge is 0.191 e. The van der Waals surface area contributed by atoms with E-state index < -0.39 is 9.84 Å². The van der Waals surface area contributed by atoms with Gasteiger partial charge >= 0.3 is 0 Å². The van der Waals surface area contributed by atoms with Crippen LogP contribution in [0.15, 0.2) is 23.2 Å². The van der Waals surface area contributed by atoms with Gasteiger partial charge in [-0.15, -0.1) is 0 Å². The molecule has 1 aromatic carbocycles. The summed E-state index contributed by atoms with van der Waals surface area (Å²) in [4.78, 5) is 4.17. The highest BCUT2D eigenvalue weighted by Gasteiger charge is 2.28. The van der Waals surface area contributed by atoms with E-state index in [1.54, 1.807) is 7.05 Å². The molecule has 1 aliphatic heterocycles. The Balaban J connectivity index is 1.82. The monoisotopic (exact) mass is 323 g/mol. The van der Waals surface area contributed by atoms with Gasteiger partial charge in [0.1, 0.15) is 0 Å². The van der Waals surface area contributed by atoms with Gasteiger partial charge in [0.05, 0.1) is 11.5 Å². The van der Waals surface area contributed by atoms with Gasteiger partial charge in [0, 0.05) is 19.6 Å². The molecule has 1 aromatic rings. The van der Waals surface area contributed by atoms with Crippen LogP contribution in [-0.2, 0) is 16.3 Å². The van der Waals surface area contributed by atoms with E-state index in [0.29, 0.717) is 12.4 Å². The molecule has 0 saturated carbocycles. The first kappa shape index (κ1) is 16.8. The highest BCUT2D eigenvalue weighted by molar-refractivity contribution is 7.91. The average molecular weight is 323 g/mol. The lowest BCUT2D eigenvalue weighted by molar-refractivity contribution is 0.599. The zero-order chi connectivity index (χ0) is 16.2. The van der Waals surface area contributed by atoms with Gasteiger partial charge in [-0.1, -0.05) is 23.8 Å². The number of hydrogen-bond acceptors (Lipinski definition) is 3. The number of nitrogens with one attached hydrogen (secondary N) is 2. The molecule has 0 radical (unpaired) electrons. The van der Waals surface area contributed by atoms with Gasteiger partial charge in [0.2, 0.25) is 0 Å². The van der Waals surface area contributed by atoms with Gasteiger partial charge in [-0.05, 0) is 37.8 Å². The molecule has 0 amide bonds. The quantitative estimate of drug-likeness (QED) is 0.645. The van der Waals surface area contributed by atoms with Crippen LogP contribution >= 0.6 is 0 Å². The minimum atomic E-state index is -2.87. The van der Waals surface area contributed by atoms with Crippen molar-refractivity contribution in [1.82, 2.24) is 10.6 Å². The molecule has 1 fully saturated rings. The molecule has 1 saturated heterocycles. The topological polar surface area (TPSA) is 70.6 Å².